The summed E-state index contributed by atoms with van der Waals surface area (Å²) in [5.74, 6) is 0.264. The number of carbonyl (C=O) groups is 1. The summed E-state index contributed by atoms with van der Waals surface area (Å²) in [4.78, 5) is 15.2. The standard InChI is InChI=1S/C18H19BFN2O/c1-11-7-13(3-4-16(11)20)18-17-15(12(2)9-19-17)8-14(22-18)5-6-21-10-23/h3-4,7-8,10,12H,5-6,9H2,1-2H3,(H,21,23). The van der Waals surface area contributed by atoms with Gasteiger partial charge in [0, 0.05) is 24.2 Å². The zero-order chi connectivity index (χ0) is 16.4. The van der Waals surface area contributed by atoms with Crippen LogP contribution in [0.15, 0.2) is 24.3 Å². The summed E-state index contributed by atoms with van der Waals surface area (Å²) in [7, 11) is 2.22. The Morgan fingerprint density at radius 3 is 3.00 bits per heavy atom. The molecule has 1 aromatic heterocycles. The number of benzene rings is 1. The molecule has 0 bridgehead atoms. The molecule has 23 heavy (non-hydrogen) atoms. The van der Waals surface area contributed by atoms with Crippen molar-refractivity contribution in [3.8, 4) is 11.3 Å². The molecule has 1 amide bonds. The van der Waals surface area contributed by atoms with Crippen LogP contribution in [0.4, 0.5) is 4.39 Å². The van der Waals surface area contributed by atoms with Crippen molar-refractivity contribution in [3.05, 3.63) is 46.9 Å². The van der Waals surface area contributed by atoms with Gasteiger partial charge >= 0.3 is 0 Å². The molecule has 3 nitrogen and oxygen atoms in total. The van der Waals surface area contributed by atoms with Crippen molar-refractivity contribution in [2.24, 2.45) is 0 Å². The molecule has 0 saturated heterocycles. The zero-order valence-electron chi connectivity index (χ0n) is 13.4. The van der Waals surface area contributed by atoms with E-state index in [9.17, 15) is 9.18 Å². The van der Waals surface area contributed by atoms with Crippen LogP contribution >= 0.6 is 0 Å². The largest absolute Gasteiger partial charge is 0.358 e. The molecule has 5 heteroatoms. The van der Waals surface area contributed by atoms with Crippen LogP contribution in [-0.2, 0) is 11.2 Å². The summed E-state index contributed by atoms with van der Waals surface area (Å²) < 4.78 is 13.6. The molecule has 2 aromatic rings. The molecule has 1 aliphatic rings. The van der Waals surface area contributed by atoms with Gasteiger partial charge in [-0.25, -0.2) is 4.39 Å². The van der Waals surface area contributed by atoms with E-state index in [1.165, 1.54) is 11.6 Å². The van der Waals surface area contributed by atoms with Gasteiger partial charge in [0.15, 0.2) is 7.28 Å². The van der Waals surface area contributed by atoms with Gasteiger partial charge < -0.3 is 5.32 Å². The number of rotatable bonds is 5. The molecule has 3 rings (SSSR count). The minimum Gasteiger partial charge on any atom is -0.358 e. The van der Waals surface area contributed by atoms with E-state index in [1.54, 1.807) is 13.0 Å². The van der Waals surface area contributed by atoms with E-state index in [2.05, 4.69) is 25.6 Å². The molecule has 0 fully saturated rings. The van der Waals surface area contributed by atoms with E-state index >= 15 is 0 Å². The lowest BCUT2D eigenvalue weighted by atomic mass is 9.70. The second-order valence-electron chi connectivity index (χ2n) is 6.09. The van der Waals surface area contributed by atoms with E-state index in [0.29, 0.717) is 30.9 Å². The van der Waals surface area contributed by atoms with E-state index in [4.69, 9.17) is 4.98 Å². The third kappa shape index (κ3) is 3.14. The van der Waals surface area contributed by atoms with Crippen LogP contribution in [0.5, 0.6) is 0 Å². The van der Waals surface area contributed by atoms with Crippen LogP contribution in [0.2, 0.25) is 6.32 Å². The number of fused-ring (bicyclic) bond motifs is 1. The Balaban J connectivity index is 2.05. The van der Waals surface area contributed by atoms with Crippen molar-refractivity contribution >= 4 is 19.2 Å². The Morgan fingerprint density at radius 2 is 2.26 bits per heavy atom. The second kappa shape index (κ2) is 6.53. The molecule has 117 valence electrons. The number of aromatic nitrogens is 1. The maximum Gasteiger partial charge on any atom is 0.207 e. The molecule has 1 N–H and O–H groups in total. The minimum atomic E-state index is -0.200. The first-order valence-electron chi connectivity index (χ1n) is 7.90. The number of nitrogens with one attached hydrogen (secondary N) is 1. The molecule has 0 saturated carbocycles. The first-order valence-corrected chi connectivity index (χ1v) is 7.90. The molecule has 1 radical (unpaired) electrons. The van der Waals surface area contributed by atoms with Crippen molar-refractivity contribution in [2.75, 3.05) is 6.54 Å². The molecule has 2 heterocycles. The topological polar surface area (TPSA) is 42.0 Å². The number of aryl methyl sites for hydroxylation is 1. The highest BCUT2D eigenvalue weighted by atomic mass is 19.1. The fraction of sp³-hybridized carbons (Fsp3) is 0.333. The second-order valence-corrected chi connectivity index (χ2v) is 6.09. The Kier molecular flexibility index (Phi) is 4.46. The highest BCUT2D eigenvalue weighted by Gasteiger charge is 2.24. The van der Waals surface area contributed by atoms with Crippen LogP contribution < -0.4 is 10.8 Å². The summed E-state index contributed by atoms with van der Waals surface area (Å²) in [5.41, 5.74) is 5.88. The van der Waals surface area contributed by atoms with E-state index < -0.39 is 0 Å². The summed E-state index contributed by atoms with van der Waals surface area (Å²) in [5, 5.41) is 2.67. The van der Waals surface area contributed by atoms with Crippen molar-refractivity contribution in [1.82, 2.24) is 10.3 Å². The normalized spacial score (nSPS) is 15.9. The van der Waals surface area contributed by atoms with Gasteiger partial charge in [-0.3, -0.25) is 9.78 Å². The fourth-order valence-corrected chi connectivity index (χ4v) is 3.07. The molecule has 1 aromatic carbocycles. The molecular weight excluding hydrogens is 290 g/mol. The first kappa shape index (κ1) is 15.7. The van der Waals surface area contributed by atoms with Gasteiger partial charge in [-0.2, -0.15) is 0 Å². The lowest BCUT2D eigenvalue weighted by Gasteiger charge is -2.14. The van der Waals surface area contributed by atoms with Crippen LogP contribution in [0.25, 0.3) is 11.3 Å². The molecule has 0 spiro atoms. The molecular formula is C18H19BFN2O. The van der Waals surface area contributed by atoms with Crippen LogP contribution in [-0.4, -0.2) is 25.2 Å². The molecule has 0 aliphatic carbocycles. The predicted octanol–water partition coefficient (Wildman–Crippen LogP) is 2.35. The van der Waals surface area contributed by atoms with Gasteiger partial charge in [0.2, 0.25) is 6.41 Å². The van der Waals surface area contributed by atoms with Crippen molar-refractivity contribution in [2.45, 2.75) is 32.5 Å². The summed E-state index contributed by atoms with van der Waals surface area (Å²) >= 11 is 0. The maximum absolute atomic E-state index is 13.6. The van der Waals surface area contributed by atoms with Crippen LogP contribution in [0.3, 0.4) is 0 Å². The lowest BCUT2D eigenvalue weighted by molar-refractivity contribution is -0.109. The molecule has 1 aliphatic heterocycles. The Morgan fingerprint density at radius 1 is 1.43 bits per heavy atom. The molecule has 1 atom stereocenters. The van der Waals surface area contributed by atoms with Gasteiger partial charge in [-0.1, -0.05) is 18.7 Å². The number of nitrogens with zero attached hydrogens (tertiary/aromatic N) is 1. The fourth-order valence-electron chi connectivity index (χ4n) is 3.07. The third-order valence-electron chi connectivity index (χ3n) is 4.39. The monoisotopic (exact) mass is 309 g/mol. The number of pyridine rings is 1. The summed E-state index contributed by atoms with van der Waals surface area (Å²) in [6.07, 6.45) is 2.39. The first-order chi connectivity index (χ1) is 11.1. The van der Waals surface area contributed by atoms with Gasteiger partial charge in [0.05, 0.1) is 5.69 Å². The average Bonchev–Trinajstić information content (AvgIpc) is 2.91. The quantitative estimate of drug-likeness (QED) is 0.523. The number of halogens is 1. The average molecular weight is 309 g/mol. The molecule has 1 unspecified atom stereocenters. The van der Waals surface area contributed by atoms with Gasteiger partial charge in [0.1, 0.15) is 5.82 Å². The predicted molar refractivity (Wildman–Crippen MR) is 90.7 cm³/mol. The van der Waals surface area contributed by atoms with E-state index in [1.807, 2.05) is 6.07 Å². The number of carbonyl (C=O) groups excluding carboxylic acids is 1. The third-order valence-corrected chi connectivity index (χ3v) is 4.39. The SMILES string of the molecule is Cc1cc(-c2nc(CCNC=O)cc3c2[B]CC3C)ccc1F. The van der Waals surface area contributed by atoms with Gasteiger partial charge in [-0.15, -0.1) is 0 Å². The zero-order valence-corrected chi connectivity index (χ0v) is 13.4. The number of hydrogen-bond donors (Lipinski definition) is 1. The summed E-state index contributed by atoms with van der Waals surface area (Å²) in [6.45, 7) is 4.54. The smallest absolute Gasteiger partial charge is 0.207 e. The highest BCUT2D eigenvalue weighted by Crippen LogP contribution is 2.29. The van der Waals surface area contributed by atoms with Gasteiger partial charge in [-0.05, 0) is 48.2 Å². The van der Waals surface area contributed by atoms with Crippen LogP contribution in [0, 0.1) is 12.7 Å². The van der Waals surface area contributed by atoms with E-state index in [0.717, 1.165) is 28.7 Å². The van der Waals surface area contributed by atoms with Gasteiger partial charge in [0.25, 0.3) is 0 Å². The van der Waals surface area contributed by atoms with Crippen molar-refractivity contribution in [3.63, 3.8) is 0 Å². The Labute approximate surface area is 136 Å². The maximum atomic E-state index is 13.6. The Hall–Kier alpha value is -2.17. The minimum absolute atomic E-state index is 0.200. The lowest BCUT2D eigenvalue weighted by Crippen LogP contribution is -2.20. The summed E-state index contributed by atoms with van der Waals surface area (Å²) in [6, 6.07) is 7.27. The van der Waals surface area contributed by atoms with Crippen LogP contribution in [0.1, 0.15) is 29.7 Å². The highest BCUT2D eigenvalue weighted by molar-refractivity contribution is 6.57. The Bertz CT molecular complexity index is 748. The van der Waals surface area contributed by atoms with E-state index in [-0.39, 0.29) is 5.82 Å². The van der Waals surface area contributed by atoms with Crippen molar-refractivity contribution < 1.29 is 9.18 Å². The van der Waals surface area contributed by atoms with Crippen molar-refractivity contribution in [1.29, 1.82) is 0 Å². The number of amides is 1. The number of hydrogen-bond acceptors (Lipinski definition) is 2.